The Bertz CT molecular complexity index is 1880. The number of anilines is 2. The van der Waals surface area contributed by atoms with Crippen LogP contribution in [0.1, 0.15) is 52.7 Å². The lowest BCUT2D eigenvalue weighted by atomic mass is 10.1. The molecule has 0 radical (unpaired) electrons. The Hall–Kier alpha value is -4.85. The smallest absolute Gasteiger partial charge is 0.419 e. The number of nitrogens with zero attached hydrogens (tertiary/aromatic N) is 5. The maximum Gasteiger partial charge on any atom is 0.419 e. The van der Waals surface area contributed by atoms with Crippen molar-refractivity contribution in [3.63, 3.8) is 0 Å². The monoisotopic (exact) mass is 717 g/mol. The average Bonchev–Trinajstić information content (AvgIpc) is 3.55. The highest BCUT2D eigenvalue weighted by atomic mass is 28.4. The predicted molar refractivity (Wildman–Crippen MR) is 193 cm³/mol. The van der Waals surface area contributed by atoms with Crippen LogP contribution in [-0.4, -0.2) is 51.9 Å². The maximum absolute atomic E-state index is 13.7. The Morgan fingerprint density at radius 3 is 1.94 bits per heavy atom. The number of carbonyl (C=O) groups is 1. The van der Waals surface area contributed by atoms with E-state index >= 15 is 0 Å². The molecule has 0 aliphatic heterocycles. The summed E-state index contributed by atoms with van der Waals surface area (Å²) in [5.74, 6) is 0.131. The fraction of sp³-hybridized carbons (Fsp3) is 0.316. The van der Waals surface area contributed by atoms with Gasteiger partial charge in [0.05, 0.1) is 36.7 Å². The predicted octanol–water partition coefficient (Wildman–Crippen LogP) is 7.50. The zero-order valence-corrected chi connectivity index (χ0v) is 30.5. The van der Waals surface area contributed by atoms with E-state index in [4.69, 9.17) is 9.16 Å². The van der Waals surface area contributed by atoms with Crippen LogP contribution in [-0.2, 0) is 28.5 Å². The quantitative estimate of drug-likeness (QED) is 0.149. The van der Waals surface area contributed by atoms with Crippen LogP contribution in [0.15, 0.2) is 103 Å². The SMILES string of the molecule is CC(C)(C)OC(=O)N(c1ccc(C(F)(F)F)cc1)c1ccc(CO)cc1-c1nnn(CCO[Si](c2ccccc2)(c2ccccc2)C(C)(C)C)n1. The molecule has 5 rings (SSSR count). The minimum absolute atomic E-state index is 0.126. The van der Waals surface area contributed by atoms with Crippen LogP contribution < -0.4 is 15.3 Å². The summed E-state index contributed by atoms with van der Waals surface area (Å²) in [5.41, 5.74) is -0.622. The number of hydrogen-bond acceptors (Lipinski definition) is 7. The van der Waals surface area contributed by atoms with E-state index in [9.17, 15) is 23.1 Å². The molecule has 0 atom stereocenters. The Kier molecular flexibility index (Phi) is 10.8. The molecular weight excluding hydrogens is 676 g/mol. The van der Waals surface area contributed by atoms with Gasteiger partial charge < -0.3 is 14.3 Å². The Morgan fingerprint density at radius 1 is 0.843 bits per heavy atom. The minimum Gasteiger partial charge on any atom is -0.443 e. The number of carbonyl (C=O) groups excluding carboxylic acids is 1. The number of aromatic nitrogens is 4. The van der Waals surface area contributed by atoms with Gasteiger partial charge in [-0.15, -0.1) is 10.2 Å². The third-order valence-electron chi connectivity index (χ3n) is 8.23. The third-order valence-corrected chi connectivity index (χ3v) is 13.3. The molecule has 0 aliphatic carbocycles. The van der Waals surface area contributed by atoms with E-state index in [1.807, 2.05) is 36.4 Å². The van der Waals surface area contributed by atoms with Crippen molar-refractivity contribution < 1.29 is 32.2 Å². The van der Waals surface area contributed by atoms with E-state index in [2.05, 4.69) is 60.4 Å². The van der Waals surface area contributed by atoms with Gasteiger partial charge in [-0.25, -0.2) is 9.69 Å². The number of alkyl halides is 3. The van der Waals surface area contributed by atoms with Gasteiger partial charge >= 0.3 is 12.3 Å². The van der Waals surface area contributed by atoms with Gasteiger partial charge in [-0.05, 0) is 83.4 Å². The van der Waals surface area contributed by atoms with Crippen LogP contribution in [0.2, 0.25) is 5.04 Å². The van der Waals surface area contributed by atoms with Crippen molar-refractivity contribution in [3.8, 4) is 11.4 Å². The number of aliphatic hydroxyl groups excluding tert-OH is 1. The van der Waals surface area contributed by atoms with Crippen molar-refractivity contribution >= 4 is 36.2 Å². The van der Waals surface area contributed by atoms with E-state index in [1.54, 1.807) is 39.0 Å². The van der Waals surface area contributed by atoms with Gasteiger partial charge in [0, 0.05) is 5.56 Å². The summed E-state index contributed by atoms with van der Waals surface area (Å²) in [6, 6.07) is 29.4. The van der Waals surface area contributed by atoms with Crippen molar-refractivity contribution in [2.24, 2.45) is 0 Å². The molecule has 13 heteroatoms. The van der Waals surface area contributed by atoms with Crippen molar-refractivity contribution in [2.75, 3.05) is 11.5 Å². The van der Waals surface area contributed by atoms with Crippen LogP contribution in [0.3, 0.4) is 0 Å². The Morgan fingerprint density at radius 2 is 1.43 bits per heavy atom. The molecule has 268 valence electrons. The number of amides is 1. The first-order valence-corrected chi connectivity index (χ1v) is 18.4. The Labute approximate surface area is 296 Å². The molecule has 5 aromatic rings. The fourth-order valence-electron chi connectivity index (χ4n) is 5.99. The first-order chi connectivity index (χ1) is 24.0. The number of tetrazole rings is 1. The van der Waals surface area contributed by atoms with Gasteiger partial charge in [0.15, 0.2) is 0 Å². The summed E-state index contributed by atoms with van der Waals surface area (Å²) >= 11 is 0. The summed E-state index contributed by atoms with van der Waals surface area (Å²) < 4.78 is 52.9. The summed E-state index contributed by atoms with van der Waals surface area (Å²) in [7, 11) is -2.83. The molecule has 1 amide bonds. The van der Waals surface area contributed by atoms with Crippen molar-refractivity contribution in [1.29, 1.82) is 0 Å². The lowest BCUT2D eigenvalue weighted by Crippen LogP contribution is -2.66. The van der Waals surface area contributed by atoms with Crippen molar-refractivity contribution in [1.82, 2.24) is 20.2 Å². The second-order valence-corrected chi connectivity index (χ2v) is 18.4. The van der Waals surface area contributed by atoms with Gasteiger partial charge in [-0.3, -0.25) is 0 Å². The zero-order chi connectivity index (χ0) is 37.0. The lowest BCUT2D eigenvalue weighted by molar-refractivity contribution is -0.137. The molecule has 1 heterocycles. The van der Waals surface area contributed by atoms with E-state index in [1.165, 1.54) is 16.9 Å². The molecule has 0 fully saturated rings. The molecule has 0 saturated carbocycles. The van der Waals surface area contributed by atoms with E-state index in [0.717, 1.165) is 27.4 Å². The molecule has 0 aliphatic rings. The highest BCUT2D eigenvalue weighted by Gasteiger charge is 2.50. The van der Waals surface area contributed by atoms with E-state index < -0.39 is 31.8 Å². The second-order valence-electron chi connectivity index (χ2n) is 14.1. The molecule has 4 aromatic carbocycles. The first kappa shape index (κ1) is 37.4. The molecule has 9 nitrogen and oxygen atoms in total. The van der Waals surface area contributed by atoms with Gasteiger partial charge in [-0.2, -0.15) is 18.0 Å². The van der Waals surface area contributed by atoms with Crippen molar-refractivity contribution in [3.05, 3.63) is 114 Å². The molecule has 0 spiro atoms. The summed E-state index contributed by atoms with van der Waals surface area (Å²) in [6.45, 7) is 11.8. The highest BCUT2D eigenvalue weighted by molar-refractivity contribution is 6.99. The maximum atomic E-state index is 13.7. The average molecular weight is 718 g/mol. The van der Waals surface area contributed by atoms with Gasteiger partial charge in [-0.1, -0.05) is 87.5 Å². The molecule has 0 unspecified atom stereocenters. The number of benzene rings is 4. The Balaban J connectivity index is 1.50. The summed E-state index contributed by atoms with van der Waals surface area (Å²) in [6.07, 6.45) is -5.39. The van der Waals surface area contributed by atoms with Gasteiger partial charge in [0.2, 0.25) is 5.82 Å². The van der Waals surface area contributed by atoms with Crippen LogP contribution in [0.4, 0.5) is 29.3 Å². The highest BCUT2D eigenvalue weighted by Crippen LogP contribution is 2.39. The van der Waals surface area contributed by atoms with Crippen molar-refractivity contribution in [2.45, 2.75) is 71.5 Å². The summed E-state index contributed by atoms with van der Waals surface area (Å²) in [4.78, 5) is 16.3. The lowest BCUT2D eigenvalue weighted by Gasteiger charge is -2.43. The van der Waals surface area contributed by atoms with Crippen LogP contribution in [0.5, 0.6) is 0 Å². The third kappa shape index (κ3) is 8.38. The van der Waals surface area contributed by atoms with E-state index in [-0.39, 0.29) is 42.0 Å². The minimum atomic E-state index is -4.56. The van der Waals surface area contributed by atoms with E-state index in [0.29, 0.717) is 11.1 Å². The molecule has 0 bridgehead atoms. The molecule has 0 saturated heterocycles. The van der Waals surface area contributed by atoms with Crippen LogP contribution in [0.25, 0.3) is 11.4 Å². The standard InChI is InChI=1S/C38H42F3N5O4Si/c1-36(2,3)50-35(48)46(29-20-18-28(19-21-29)38(39,40)41)33-22-17-27(26-47)25-32(33)34-42-44-45(43-34)23-24-49-51(37(4,5)6,30-13-9-7-10-14-30)31-15-11-8-12-16-31/h7-22,25,47H,23-24,26H2,1-6H3. The van der Waals surface area contributed by atoms with Crippen LogP contribution in [0, 0.1) is 0 Å². The largest absolute Gasteiger partial charge is 0.443 e. The van der Waals surface area contributed by atoms with Crippen LogP contribution >= 0.6 is 0 Å². The molecule has 1 aromatic heterocycles. The molecule has 51 heavy (non-hydrogen) atoms. The summed E-state index contributed by atoms with van der Waals surface area (Å²) in [5, 5.41) is 25.2. The number of hydrogen-bond donors (Lipinski definition) is 1. The fourth-order valence-corrected chi connectivity index (χ4v) is 10.5. The van der Waals surface area contributed by atoms with Gasteiger partial charge in [0.25, 0.3) is 8.32 Å². The number of halogens is 3. The number of ether oxygens (including phenoxy) is 1. The zero-order valence-electron chi connectivity index (χ0n) is 29.5. The topological polar surface area (TPSA) is 103 Å². The normalized spacial score (nSPS) is 12.5. The molecular formula is C38H42F3N5O4Si. The second kappa shape index (κ2) is 14.8. The van der Waals surface area contributed by atoms with Gasteiger partial charge in [0.1, 0.15) is 5.60 Å². The number of aliphatic hydroxyl groups is 1. The number of rotatable bonds is 10. The molecule has 1 N–H and O–H groups in total. The first-order valence-electron chi connectivity index (χ1n) is 16.5.